The Morgan fingerprint density at radius 3 is 0.801 bits per heavy atom. The Kier molecular flexibility index (Phi) is 31.5. The smallest absolute Gasteiger partial charge is 0.169 e. The maximum absolute atomic E-state index is 5.37. The van der Waals surface area contributed by atoms with Crippen LogP contribution in [0.15, 0.2) is 316 Å². The molecule has 0 saturated carbocycles. The van der Waals surface area contributed by atoms with E-state index in [-0.39, 0.29) is 101 Å². The average Bonchev–Trinajstić information content (AvgIpc) is 1.41. The summed E-state index contributed by atoms with van der Waals surface area (Å²) >= 11 is 0. The van der Waals surface area contributed by atoms with E-state index in [1.807, 2.05) is 102 Å². The molecule has 0 atom stereocenters. The second-order valence-corrected chi connectivity index (χ2v) is 32.1. The first-order valence-electron chi connectivity index (χ1n) is 42.5. The number of benzene rings is 13. The SMILES string of the molecule is CC(C)c1cccc(C(C)C)c1-n1ncnc1-c1[c-]cc2ocnc2c1.Cc1cc(-c2ccccc2)cc(C)c1-n1ncnc1-c1[c-]cc2ocnc2c1.Cc1cc(C)c(-n2ncnc2-c2[c-]cc3ocnc3c2)c(C)c1.Cc1cccc(C)c1-n1ncnc1-c1[c-]cc2ocnc2c1.[Ir].[Ir].[Ir].[Ir].[Ir].[c-]1cc2ocnc2cc1-c1ncnn1-c1c(-c2ccccc2)cccc1-c1ccccc1. The van der Waals surface area contributed by atoms with Crippen LogP contribution < -0.4 is 0 Å². The molecule has 0 spiro atoms. The van der Waals surface area contributed by atoms with Crippen molar-refractivity contribution in [3.8, 4) is 119 Å². The molecule has 0 fully saturated rings. The fourth-order valence-corrected chi connectivity index (χ4v) is 16.6. The van der Waals surface area contributed by atoms with Gasteiger partial charge in [-0.1, -0.05) is 191 Å². The summed E-state index contributed by atoms with van der Waals surface area (Å²) in [6.45, 7) is 23.4. The fourth-order valence-electron chi connectivity index (χ4n) is 16.6. The summed E-state index contributed by atoms with van der Waals surface area (Å²) in [7, 11) is 0. The molecule has 0 saturated heterocycles. The molecule has 25 nitrogen and oxygen atoms in total. The molecule has 0 N–H and O–H groups in total. The third kappa shape index (κ3) is 20.4. The Morgan fingerprint density at radius 2 is 0.500 bits per heavy atom. The Labute approximate surface area is 850 Å². The number of hydrogen-bond donors (Lipinski definition) is 0. The van der Waals surface area contributed by atoms with Crippen LogP contribution in [0.5, 0.6) is 0 Å². The number of para-hydroxylation sites is 3. The van der Waals surface area contributed by atoms with Crippen molar-refractivity contribution < 1.29 is 123 Å². The van der Waals surface area contributed by atoms with Gasteiger partial charge < -0.3 is 22.1 Å². The number of fused-ring (bicyclic) bond motifs is 5. The molecular weight excluding hydrogens is 2590 g/mol. The maximum Gasteiger partial charge on any atom is 0.169 e. The van der Waals surface area contributed by atoms with Crippen molar-refractivity contribution in [2.75, 3.05) is 0 Å². The van der Waals surface area contributed by atoms with Gasteiger partial charge >= 0.3 is 0 Å². The van der Waals surface area contributed by atoms with Crippen molar-refractivity contribution in [1.29, 1.82) is 0 Å². The van der Waals surface area contributed by atoms with Gasteiger partial charge in [0.05, 0.1) is 85.5 Å². The molecule has 30 heteroatoms. The topological polar surface area (TPSA) is 284 Å². The molecule has 0 aliphatic heterocycles. The normalized spacial score (nSPS) is 10.9. The van der Waals surface area contributed by atoms with Gasteiger partial charge in [-0.25, -0.2) is 24.9 Å². The Hall–Kier alpha value is -13.8. The van der Waals surface area contributed by atoms with E-state index in [9.17, 15) is 0 Å². The largest absolute Gasteiger partial charge is 0.490 e. The van der Waals surface area contributed by atoms with E-state index in [0.29, 0.717) is 45.6 Å². The van der Waals surface area contributed by atoms with E-state index >= 15 is 0 Å². The molecule has 23 rings (SSSR count). The molecular formula is C106H83Ir5N20O5-5. The third-order valence-electron chi connectivity index (χ3n) is 22.5. The summed E-state index contributed by atoms with van der Waals surface area (Å²) in [4.78, 5) is 43.5. The molecule has 0 aliphatic rings. The van der Waals surface area contributed by atoms with Crippen LogP contribution in [0.2, 0.25) is 0 Å². The second kappa shape index (κ2) is 43.7. The van der Waals surface area contributed by atoms with E-state index in [2.05, 4.69) is 303 Å². The van der Waals surface area contributed by atoms with Crippen molar-refractivity contribution in [2.45, 2.75) is 88.0 Å². The van der Waals surface area contributed by atoms with Gasteiger partial charge in [-0.15, -0.1) is 119 Å². The quantitative estimate of drug-likeness (QED) is 0.0862. The number of hydrogen-bond acceptors (Lipinski definition) is 20. The molecule has 136 heavy (non-hydrogen) atoms. The number of oxazole rings is 5. The van der Waals surface area contributed by atoms with Crippen molar-refractivity contribution >= 4 is 55.5 Å². The van der Waals surface area contributed by atoms with Crippen LogP contribution in [0.1, 0.15) is 89.6 Å². The van der Waals surface area contributed by atoms with Gasteiger partial charge in [-0.05, 0) is 139 Å². The zero-order valence-electron chi connectivity index (χ0n) is 75.0. The van der Waals surface area contributed by atoms with Crippen molar-refractivity contribution in [2.24, 2.45) is 0 Å². The first-order chi connectivity index (χ1) is 64.0. The molecule has 13 aromatic carbocycles. The van der Waals surface area contributed by atoms with E-state index in [0.717, 1.165) is 163 Å². The second-order valence-electron chi connectivity index (χ2n) is 32.1. The van der Waals surface area contributed by atoms with Gasteiger partial charge in [-0.2, -0.15) is 25.5 Å². The first-order valence-corrected chi connectivity index (χ1v) is 42.5. The zero-order valence-corrected chi connectivity index (χ0v) is 87.0. The standard InChI is InChI=1S/C27H17N4O.C23H17N4O.C21H21N4O.C18H15N4O.C17H13N4O.5Ir/c1-3-8-19(9-4-1)22-12-7-13-23(20-10-5-2-6-11-20)26(22)31-27(28-17-30-31)21-14-15-25-24(16-21)29-18-32-25;1-15-10-19(17-6-4-3-5-7-17)11-16(2)22(15)27-23(24-13-26-27)18-8-9-21-20(12-18)25-14-28-21;1-13(2)16-6-5-7-17(14(3)4)20(16)25-21(22-11-24-25)15-8-9-19-18(10-15)23-12-26-19;1-11-6-12(2)17(13(3)7-11)22-18(19-9-21-22)14-4-5-16-15(8-14)20-10-23-16;1-11-4-3-5-12(2)16(11)21-17(18-9-20-21)13-6-7-15-14(8-13)19-10-22-15;;;;;/h1-13,15-18H;3-7,9-14H,1-2H3;5-7,9-14H,1-4H3;5-10H,1-3H3;3-5,7-10H,1-2H3;;;;;/q5*-1;;;;;. The van der Waals surface area contributed by atoms with Gasteiger partial charge in [0, 0.05) is 139 Å². The van der Waals surface area contributed by atoms with Crippen LogP contribution in [0.25, 0.3) is 174 Å². The molecule has 0 unspecified atom stereocenters. The maximum atomic E-state index is 5.37. The van der Waals surface area contributed by atoms with E-state index in [4.69, 9.17) is 22.1 Å². The van der Waals surface area contributed by atoms with Gasteiger partial charge in [0.15, 0.2) is 32.0 Å². The monoisotopic (exact) mass is 2680 g/mol. The minimum Gasteiger partial charge on any atom is -0.490 e. The Morgan fingerprint density at radius 1 is 0.243 bits per heavy atom. The fraction of sp³-hybridized carbons (Fsp3) is 0.123. The number of nitrogens with zero attached hydrogens (tertiary/aromatic N) is 20. The summed E-state index contributed by atoms with van der Waals surface area (Å²) in [5.74, 6) is 4.40. The van der Waals surface area contributed by atoms with Crippen LogP contribution in [-0.2, 0) is 101 Å². The number of rotatable bonds is 15. The molecule has 687 valence electrons. The Bertz CT molecular complexity index is 7880. The van der Waals surface area contributed by atoms with E-state index in [1.54, 1.807) is 62.0 Å². The van der Waals surface area contributed by atoms with Gasteiger partial charge in [-0.3, -0.25) is 48.3 Å². The van der Waals surface area contributed by atoms with Gasteiger partial charge in [0.2, 0.25) is 0 Å². The number of aromatic nitrogens is 20. The summed E-state index contributed by atoms with van der Waals surface area (Å²) < 4.78 is 35.9. The molecule has 10 aromatic heterocycles. The van der Waals surface area contributed by atoms with E-state index < -0.39 is 0 Å². The zero-order chi connectivity index (χ0) is 89.8. The van der Waals surface area contributed by atoms with Gasteiger partial charge in [0.1, 0.15) is 31.6 Å². The van der Waals surface area contributed by atoms with Crippen molar-refractivity contribution in [1.82, 2.24) is 98.7 Å². The molecule has 5 radical (unpaired) electrons. The summed E-state index contributed by atoms with van der Waals surface area (Å²) in [6, 6.07) is 93.4. The Balaban J connectivity index is 0.000000136. The van der Waals surface area contributed by atoms with Crippen LogP contribution >= 0.6 is 0 Å². The summed E-state index contributed by atoms with van der Waals surface area (Å²) in [5.41, 5.74) is 34.1. The molecule has 23 aromatic rings. The van der Waals surface area contributed by atoms with Crippen molar-refractivity contribution in [3.63, 3.8) is 0 Å². The van der Waals surface area contributed by atoms with Crippen LogP contribution in [0.3, 0.4) is 0 Å². The summed E-state index contributed by atoms with van der Waals surface area (Å²) in [5, 5.41) is 22.5. The molecule has 0 aliphatic carbocycles. The predicted molar refractivity (Wildman–Crippen MR) is 504 cm³/mol. The van der Waals surface area contributed by atoms with Crippen LogP contribution in [0.4, 0.5) is 0 Å². The summed E-state index contributed by atoms with van der Waals surface area (Å²) in [6.07, 6.45) is 15.0. The predicted octanol–water partition coefficient (Wildman–Crippen LogP) is 23.8. The third-order valence-corrected chi connectivity index (χ3v) is 22.5. The minimum atomic E-state index is 0. The average molecular weight is 2680 g/mol. The van der Waals surface area contributed by atoms with Crippen LogP contribution in [0, 0.1) is 78.8 Å². The number of aryl methyl sites for hydroxylation is 7. The molecule has 0 amide bonds. The molecule has 0 bridgehead atoms. The molecule has 10 heterocycles. The van der Waals surface area contributed by atoms with Crippen molar-refractivity contribution in [3.05, 3.63) is 375 Å². The first kappa shape index (κ1) is 98.2. The minimum absolute atomic E-state index is 0. The van der Waals surface area contributed by atoms with E-state index in [1.165, 1.54) is 59.8 Å². The van der Waals surface area contributed by atoms with Crippen LogP contribution in [-0.4, -0.2) is 98.7 Å². The van der Waals surface area contributed by atoms with Gasteiger partial charge in [0.25, 0.3) is 0 Å².